The monoisotopic (exact) mass is 510 g/mol. The highest BCUT2D eigenvalue weighted by atomic mass is 32.2. The third kappa shape index (κ3) is 4.32. The smallest absolute Gasteiger partial charge is 0.261 e. The molecule has 5 aromatic rings. The van der Waals surface area contributed by atoms with Crippen LogP contribution in [-0.4, -0.2) is 31.4 Å². The molecule has 1 amide bonds. The second-order valence-corrected chi connectivity index (χ2v) is 11.2. The van der Waals surface area contributed by atoms with E-state index in [0.29, 0.717) is 16.4 Å². The Morgan fingerprint density at radius 3 is 2.56 bits per heavy atom. The quantitative estimate of drug-likeness (QED) is 0.322. The van der Waals surface area contributed by atoms with Crippen LogP contribution in [0.3, 0.4) is 0 Å². The first-order valence-corrected chi connectivity index (χ1v) is 13.2. The number of rotatable bonds is 6. The van der Waals surface area contributed by atoms with Crippen LogP contribution in [-0.2, 0) is 10.0 Å². The molecular weight excluding hydrogens is 492 g/mol. The van der Waals surface area contributed by atoms with Gasteiger partial charge in [0.2, 0.25) is 0 Å². The topological polar surface area (TPSA) is 110 Å². The number of ether oxygens (including phenoxy) is 1. The molecule has 0 aliphatic carbocycles. The molecule has 11 heteroatoms. The minimum Gasteiger partial charge on any atom is -0.497 e. The Morgan fingerprint density at radius 1 is 1.00 bits per heavy atom. The van der Waals surface area contributed by atoms with Gasteiger partial charge in [-0.25, -0.2) is 18.4 Å². The number of fused-ring (bicyclic) bond motifs is 3. The maximum absolute atomic E-state index is 12.9. The number of amides is 1. The van der Waals surface area contributed by atoms with Crippen molar-refractivity contribution in [2.75, 3.05) is 17.1 Å². The Hall–Kier alpha value is -3.54. The molecule has 0 bridgehead atoms. The largest absolute Gasteiger partial charge is 0.497 e. The number of thiazole rings is 2. The molecule has 0 atom stereocenters. The molecule has 5 rings (SSSR count). The number of nitrogens with one attached hydrogen (secondary N) is 2. The average Bonchev–Trinajstić information content (AvgIpc) is 3.41. The van der Waals surface area contributed by atoms with Crippen molar-refractivity contribution in [3.05, 3.63) is 71.2 Å². The van der Waals surface area contributed by atoms with Crippen molar-refractivity contribution in [3.8, 4) is 5.75 Å². The fourth-order valence-electron chi connectivity index (χ4n) is 3.40. The summed E-state index contributed by atoms with van der Waals surface area (Å²) in [7, 11) is -2.32. The molecule has 0 spiro atoms. The number of benzene rings is 3. The van der Waals surface area contributed by atoms with Crippen LogP contribution in [0.15, 0.2) is 65.6 Å². The molecular formula is C23H18N4O4S3. The van der Waals surface area contributed by atoms with Crippen LogP contribution in [0.5, 0.6) is 5.75 Å². The second-order valence-electron chi connectivity index (χ2n) is 7.33. The number of hydrogen-bond acceptors (Lipinski definition) is 8. The third-order valence-corrected chi connectivity index (χ3v) is 8.32. The highest BCUT2D eigenvalue weighted by Gasteiger charge is 2.17. The predicted molar refractivity (Wildman–Crippen MR) is 136 cm³/mol. The van der Waals surface area contributed by atoms with E-state index in [9.17, 15) is 13.2 Å². The van der Waals surface area contributed by atoms with Gasteiger partial charge in [-0.1, -0.05) is 17.4 Å². The lowest BCUT2D eigenvalue weighted by molar-refractivity contribution is 0.102. The molecule has 0 saturated heterocycles. The fraction of sp³-hybridized carbons (Fsp3) is 0.0870. The second kappa shape index (κ2) is 8.67. The Morgan fingerprint density at radius 2 is 1.79 bits per heavy atom. The highest BCUT2D eigenvalue weighted by Crippen LogP contribution is 2.34. The van der Waals surface area contributed by atoms with E-state index in [2.05, 4.69) is 20.0 Å². The van der Waals surface area contributed by atoms with Gasteiger partial charge in [-0.2, -0.15) is 0 Å². The van der Waals surface area contributed by atoms with Crippen molar-refractivity contribution in [3.63, 3.8) is 0 Å². The highest BCUT2D eigenvalue weighted by molar-refractivity contribution is 7.92. The van der Waals surface area contributed by atoms with E-state index in [1.165, 1.54) is 36.6 Å². The Balaban J connectivity index is 1.36. The van der Waals surface area contributed by atoms with Crippen LogP contribution in [0.2, 0.25) is 0 Å². The first kappa shape index (κ1) is 22.3. The lowest BCUT2D eigenvalue weighted by Crippen LogP contribution is -2.15. The van der Waals surface area contributed by atoms with Gasteiger partial charge in [0.15, 0.2) is 5.13 Å². The number of carbonyl (C=O) groups excluding carboxylic acids is 1. The van der Waals surface area contributed by atoms with Gasteiger partial charge in [0.1, 0.15) is 11.3 Å². The van der Waals surface area contributed by atoms with E-state index in [1.807, 2.05) is 19.1 Å². The van der Waals surface area contributed by atoms with E-state index < -0.39 is 15.9 Å². The summed E-state index contributed by atoms with van der Waals surface area (Å²) in [4.78, 5) is 22.0. The van der Waals surface area contributed by atoms with Crippen molar-refractivity contribution >= 4 is 69.9 Å². The van der Waals surface area contributed by atoms with Crippen LogP contribution >= 0.6 is 22.7 Å². The molecule has 0 saturated carbocycles. The first-order chi connectivity index (χ1) is 16.3. The standard InChI is InChI=1S/C23H18N4O4S3/c1-13-24-20-19(32-13)11-10-18-21(20)33-23(25-18)26-22(28)14-4-3-5-15(12-14)27-34(29,30)17-8-6-16(31-2)7-9-17/h3-12,27H,1-2H3,(H,25,26,28). The van der Waals surface area contributed by atoms with Gasteiger partial charge in [0.05, 0.1) is 31.9 Å². The number of aromatic nitrogens is 2. The van der Waals surface area contributed by atoms with Gasteiger partial charge in [0, 0.05) is 11.3 Å². The van der Waals surface area contributed by atoms with Crippen LogP contribution in [0.1, 0.15) is 15.4 Å². The van der Waals surface area contributed by atoms with E-state index in [-0.39, 0.29) is 10.6 Å². The number of sulfonamides is 1. The minimum absolute atomic E-state index is 0.0845. The maximum Gasteiger partial charge on any atom is 0.261 e. The summed E-state index contributed by atoms with van der Waals surface area (Å²) in [6.45, 7) is 1.95. The number of carbonyl (C=O) groups is 1. The number of anilines is 2. The molecule has 0 aliphatic heterocycles. The molecule has 172 valence electrons. The predicted octanol–water partition coefficient (Wildman–Crippen LogP) is 5.28. The van der Waals surface area contributed by atoms with Gasteiger partial charge >= 0.3 is 0 Å². The van der Waals surface area contributed by atoms with E-state index in [0.717, 1.165) is 25.4 Å². The number of nitrogens with zero attached hydrogens (tertiary/aromatic N) is 2. The SMILES string of the molecule is COc1ccc(S(=O)(=O)Nc2cccc(C(=O)Nc3nc4ccc5sc(C)nc5c4s3)c2)cc1. The number of hydrogen-bond donors (Lipinski definition) is 2. The first-order valence-electron chi connectivity index (χ1n) is 10.1. The summed E-state index contributed by atoms with van der Waals surface area (Å²) in [6.07, 6.45) is 0. The lowest BCUT2D eigenvalue weighted by Gasteiger charge is -2.10. The minimum atomic E-state index is -3.83. The molecule has 3 aromatic carbocycles. The zero-order valence-corrected chi connectivity index (χ0v) is 20.5. The summed E-state index contributed by atoms with van der Waals surface area (Å²) in [5.41, 5.74) is 2.21. The van der Waals surface area contributed by atoms with Crippen molar-refractivity contribution in [1.82, 2.24) is 9.97 Å². The number of methoxy groups -OCH3 is 1. The molecule has 0 unspecified atom stereocenters. The van der Waals surface area contributed by atoms with Gasteiger partial charge in [0.25, 0.3) is 15.9 Å². The molecule has 2 N–H and O–H groups in total. The Bertz CT molecular complexity index is 1640. The maximum atomic E-state index is 12.9. The van der Waals surface area contributed by atoms with Crippen LogP contribution in [0.25, 0.3) is 20.4 Å². The molecule has 0 aliphatic rings. The van der Waals surface area contributed by atoms with Crippen LogP contribution in [0.4, 0.5) is 10.8 Å². The molecule has 2 heterocycles. The summed E-state index contributed by atoms with van der Waals surface area (Å²) >= 11 is 2.97. The van der Waals surface area contributed by atoms with Crippen molar-refractivity contribution in [2.45, 2.75) is 11.8 Å². The summed E-state index contributed by atoms with van der Waals surface area (Å²) < 4.78 is 35.0. The molecule has 2 aromatic heterocycles. The molecule has 34 heavy (non-hydrogen) atoms. The number of aryl methyl sites for hydroxylation is 1. The fourth-order valence-corrected chi connectivity index (χ4v) is 6.30. The lowest BCUT2D eigenvalue weighted by atomic mass is 10.2. The summed E-state index contributed by atoms with van der Waals surface area (Å²) in [5.74, 6) is 0.161. The van der Waals surface area contributed by atoms with Crippen molar-refractivity contribution in [2.24, 2.45) is 0 Å². The molecule has 0 radical (unpaired) electrons. The summed E-state index contributed by atoms with van der Waals surface area (Å²) in [6, 6.07) is 16.2. The van der Waals surface area contributed by atoms with Crippen LogP contribution in [0, 0.1) is 6.92 Å². The van der Waals surface area contributed by atoms with Gasteiger partial charge in [-0.15, -0.1) is 11.3 Å². The average molecular weight is 511 g/mol. The summed E-state index contributed by atoms with van der Waals surface area (Å²) in [5, 5.41) is 4.22. The molecule has 0 fully saturated rings. The van der Waals surface area contributed by atoms with Crippen molar-refractivity contribution in [1.29, 1.82) is 0 Å². The third-order valence-electron chi connectivity index (χ3n) is 4.99. The van der Waals surface area contributed by atoms with Gasteiger partial charge in [-0.3, -0.25) is 14.8 Å². The Labute approximate surface area is 203 Å². The molecule has 8 nitrogen and oxygen atoms in total. The van der Waals surface area contributed by atoms with E-state index in [1.54, 1.807) is 41.7 Å². The zero-order chi connectivity index (χ0) is 23.9. The normalized spacial score (nSPS) is 11.6. The van der Waals surface area contributed by atoms with Crippen molar-refractivity contribution < 1.29 is 17.9 Å². The zero-order valence-electron chi connectivity index (χ0n) is 18.0. The van der Waals surface area contributed by atoms with Gasteiger partial charge < -0.3 is 4.74 Å². The van der Waals surface area contributed by atoms with Gasteiger partial charge in [-0.05, 0) is 61.5 Å². The van der Waals surface area contributed by atoms with E-state index >= 15 is 0 Å². The van der Waals surface area contributed by atoms with Crippen LogP contribution < -0.4 is 14.8 Å². The van der Waals surface area contributed by atoms with E-state index in [4.69, 9.17) is 4.74 Å². The Kier molecular flexibility index (Phi) is 5.68.